The average molecular weight is 340 g/mol. The molecule has 1 atom stereocenters. The van der Waals surface area contributed by atoms with Gasteiger partial charge in [0.2, 0.25) is 0 Å². The van der Waals surface area contributed by atoms with Crippen LogP contribution in [0.25, 0.3) is 0 Å². The Bertz CT molecular complexity index is 578. The van der Waals surface area contributed by atoms with Crippen LogP contribution in [0.3, 0.4) is 0 Å². The van der Waals surface area contributed by atoms with Gasteiger partial charge in [0.05, 0.1) is 0 Å². The number of aromatic hydroxyl groups is 2. The van der Waals surface area contributed by atoms with E-state index >= 15 is 0 Å². The number of nitrogens with two attached hydrogens (primary N) is 1. The second-order valence-electron chi connectivity index (χ2n) is 4.58. The van der Waals surface area contributed by atoms with Crippen molar-refractivity contribution >= 4 is 11.9 Å². The van der Waals surface area contributed by atoms with Crippen molar-refractivity contribution < 1.29 is 43.2 Å². The molecule has 0 bridgehead atoms. The van der Waals surface area contributed by atoms with Crippen LogP contribution in [0.5, 0.6) is 11.5 Å². The molecule has 0 saturated carbocycles. The summed E-state index contributed by atoms with van der Waals surface area (Å²) < 4.78 is 31.7. The zero-order valence-electron chi connectivity index (χ0n) is 11.8. The van der Waals surface area contributed by atoms with Crippen LogP contribution in [-0.4, -0.2) is 44.1 Å². The molecular weight excluding hydrogens is 325 g/mol. The minimum Gasteiger partial charge on any atom is -0.504 e. The molecule has 0 unspecified atom stereocenters. The van der Waals surface area contributed by atoms with Crippen LogP contribution < -0.4 is 11.3 Å². The largest absolute Gasteiger partial charge is 0.504 e. The molecule has 8 nitrogen and oxygen atoms in total. The molecule has 0 aliphatic rings. The summed E-state index contributed by atoms with van der Waals surface area (Å²) in [4.78, 5) is 19.8. The first-order chi connectivity index (χ1) is 10.3. The maximum atomic E-state index is 11.0. The van der Waals surface area contributed by atoms with Gasteiger partial charge < -0.3 is 20.4 Å². The molecule has 0 fully saturated rings. The number of phenols is 2. The van der Waals surface area contributed by atoms with Crippen molar-refractivity contribution in [3.63, 3.8) is 0 Å². The van der Waals surface area contributed by atoms with Crippen molar-refractivity contribution in [3.8, 4) is 11.5 Å². The summed E-state index contributed by atoms with van der Waals surface area (Å²) in [5.41, 5.74) is 1.45. The topological polar surface area (TPSA) is 153 Å². The molecule has 0 spiro atoms. The fourth-order valence-corrected chi connectivity index (χ4v) is 1.28. The summed E-state index contributed by atoms with van der Waals surface area (Å²) in [5.74, 6) is 0.791. The van der Waals surface area contributed by atoms with Crippen molar-refractivity contribution in [1.82, 2.24) is 5.43 Å². The van der Waals surface area contributed by atoms with E-state index in [9.17, 15) is 23.1 Å². The first-order valence-corrected chi connectivity index (χ1v) is 5.85. The van der Waals surface area contributed by atoms with E-state index in [0.29, 0.717) is 5.56 Å². The van der Waals surface area contributed by atoms with E-state index in [1.807, 2.05) is 0 Å². The Morgan fingerprint density at radius 2 is 1.61 bits per heavy atom. The molecule has 11 heteroatoms. The summed E-state index contributed by atoms with van der Waals surface area (Å²) in [6.07, 6.45) is -4.99. The maximum Gasteiger partial charge on any atom is 0.490 e. The number of carboxylic acid groups (broad SMARTS) is 2. The first-order valence-electron chi connectivity index (χ1n) is 5.85. The number of phenolic OH excluding ortho intramolecular Hbond substituents is 2. The van der Waals surface area contributed by atoms with Crippen molar-refractivity contribution in [2.45, 2.75) is 25.1 Å². The van der Waals surface area contributed by atoms with Gasteiger partial charge in [-0.2, -0.15) is 13.2 Å². The highest BCUT2D eigenvalue weighted by Crippen LogP contribution is 2.26. The third kappa shape index (κ3) is 6.40. The van der Waals surface area contributed by atoms with E-state index in [0.717, 1.165) is 0 Å². The number of hydrazine groups is 1. The highest BCUT2D eigenvalue weighted by Gasteiger charge is 2.38. The number of carbonyl (C=O) groups is 2. The molecule has 130 valence electrons. The van der Waals surface area contributed by atoms with Gasteiger partial charge in [-0.3, -0.25) is 10.6 Å². The third-order valence-corrected chi connectivity index (χ3v) is 2.63. The Hall–Kier alpha value is -2.53. The molecule has 0 heterocycles. The van der Waals surface area contributed by atoms with Gasteiger partial charge in [0.1, 0.15) is 5.54 Å². The van der Waals surface area contributed by atoms with Crippen molar-refractivity contribution in [2.75, 3.05) is 0 Å². The predicted octanol–water partition coefficient (Wildman–Crippen LogP) is 0.580. The van der Waals surface area contributed by atoms with Gasteiger partial charge in [-0.15, -0.1) is 0 Å². The van der Waals surface area contributed by atoms with E-state index in [4.69, 9.17) is 26.0 Å². The van der Waals surface area contributed by atoms with Crippen LogP contribution in [0, 0.1) is 0 Å². The highest BCUT2D eigenvalue weighted by atomic mass is 19.4. The zero-order chi connectivity index (χ0) is 18.4. The Labute approximate surface area is 127 Å². The van der Waals surface area contributed by atoms with Gasteiger partial charge in [-0.1, -0.05) is 6.07 Å². The Morgan fingerprint density at radius 1 is 1.13 bits per heavy atom. The van der Waals surface area contributed by atoms with Crippen molar-refractivity contribution in [1.29, 1.82) is 0 Å². The molecule has 23 heavy (non-hydrogen) atoms. The van der Waals surface area contributed by atoms with E-state index in [-0.39, 0.29) is 17.9 Å². The van der Waals surface area contributed by atoms with Crippen LogP contribution >= 0.6 is 0 Å². The molecule has 1 aromatic carbocycles. The number of rotatable bonds is 4. The standard InChI is InChI=1S/C10H14N2O4.C2HF3O2/c1-10(12-11,9(15)16)5-6-2-3-7(13)8(14)4-6;3-2(4,5)1(6)7/h2-4,12-14H,5,11H2,1H3,(H,15,16);(H,6,7)/t10-;/m1./s1. The van der Waals surface area contributed by atoms with Crippen LogP contribution in [0.1, 0.15) is 12.5 Å². The minimum atomic E-state index is -5.08. The Morgan fingerprint density at radius 3 is 1.91 bits per heavy atom. The number of benzene rings is 1. The quantitative estimate of drug-likeness (QED) is 0.264. The molecule has 0 saturated heterocycles. The van der Waals surface area contributed by atoms with Gasteiger partial charge in [0, 0.05) is 6.42 Å². The summed E-state index contributed by atoms with van der Waals surface area (Å²) in [6.45, 7) is 1.43. The zero-order valence-corrected chi connectivity index (χ0v) is 11.8. The average Bonchev–Trinajstić information content (AvgIpc) is 2.42. The van der Waals surface area contributed by atoms with Crippen LogP contribution in [0.4, 0.5) is 13.2 Å². The second-order valence-corrected chi connectivity index (χ2v) is 4.58. The number of aliphatic carboxylic acids is 2. The summed E-state index contributed by atoms with van der Waals surface area (Å²) in [7, 11) is 0. The third-order valence-electron chi connectivity index (χ3n) is 2.63. The molecule has 0 aliphatic carbocycles. The number of carboxylic acids is 2. The first kappa shape index (κ1) is 20.5. The molecule has 0 aliphatic heterocycles. The van der Waals surface area contributed by atoms with E-state index in [1.54, 1.807) is 0 Å². The molecular formula is C12H15F3N2O6. The van der Waals surface area contributed by atoms with Crippen molar-refractivity contribution in [3.05, 3.63) is 23.8 Å². The minimum absolute atomic E-state index is 0.0900. The summed E-state index contributed by atoms with van der Waals surface area (Å²) >= 11 is 0. The Kier molecular flexibility index (Phi) is 6.81. The lowest BCUT2D eigenvalue weighted by molar-refractivity contribution is -0.192. The van der Waals surface area contributed by atoms with E-state index < -0.39 is 23.7 Å². The lowest BCUT2D eigenvalue weighted by Gasteiger charge is -2.23. The molecule has 7 N–H and O–H groups in total. The van der Waals surface area contributed by atoms with Crippen LogP contribution in [-0.2, 0) is 16.0 Å². The molecule has 1 aromatic rings. The van der Waals surface area contributed by atoms with E-state index in [2.05, 4.69) is 5.43 Å². The molecule has 0 amide bonds. The lowest BCUT2D eigenvalue weighted by atomic mass is 9.93. The number of hydrogen-bond donors (Lipinski definition) is 6. The molecule has 0 aromatic heterocycles. The lowest BCUT2D eigenvalue weighted by Crippen LogP contribution is -2.54. The van der Waals surface area contributed by atoms with Gasteiger partial charge in [0.25, 0.3) is 0 Å². The Balaban J connectivity index is 0.000000585. The van der Waals surface area contributed by atoms with Crippen LogP contribution in [0.15, 0.2) is 18.2 Å². The summed E-state index contributed by atoms with van der Waals surface area (Å²) in [6, 6.07) is 4.12. The fourth-order valence-electron chi connectivity index (χ4n) is 1.28. The molecule has 0 radical (unpaired) electrons. The second kappa shape index (κ2) is 7.65. The highest BCUT2D eigenvalue weighted by molar-refractivity contribution is 5.78. The monoisotopic (exact) mass is 340 g/mol. The van der Waals surface area contributed by atoms with Gasteiger partial charge in [-0.05, 0) is 24.6 Å². The van der Waals surface area contributed by atoms with Gasteiger partial charge in [0.15, 0.2) is 11.5 Å². The maximum absolute atomic E-state index is 11.0. The fraction of sp³-hybridized carbons (Fsp3) is 0.333. The van der Waals surface area contributed by atoms with E-state index in [1.165, 1.54) is 25.1 Å². The number of alkyl halides is 3. The van der Waals surface area contributed by atoms with Gasteiger partial charge >= 0.3 is 18.1 Å². The predicted molar refractivity (Wildman–Crippen MR) is 70.5 cm³/mol. The van der Waals surface area contributed by atoms with Crippen LogP contribution in [0.2, 0.25) is 0 Å². The van der Waals surface area contributed by atoms with Crippen molar-refractivity contribution in [2.24, 2.45) is 5.84 Å². The van der Waals surface area contributed by atoms with Gasteiger partial charge in [-0.25, -0.2) is 10.2 Å². The SMILES string of the molecule is C[C@](Cc1ccc(O)c(O)c1)(NN)C(=O)O.O=C(O)C(F)(F)F. The normalized spacial score (nSPS) is 13.4. The number of nitrogens with one attached hydrogen (secondary N) is 1. The number of halogens is 3. The smallest absolute Gasteiger partial charge is 0.490 e. The number of hydrogen-bond acceptors (Lipinski definition) is 6. The molecule has 1 rings (SSSR count). The summed E-state index contributed by atoms with van der Waals surface area (Å²) in [5, 5.41) is 34.4.